The molecular formula is C31H19F10NO3. The summed E-state index contributed by atoms with van der Waals surface area (Å²) >= 11 is 0. The Morgan fingerprint density at radius 1 is 0.756 bits per heavy atom. The number of halogens is 10. The van der Waals surface area contributed by atoms with Crippen molar-refractivity contribution < 1.29 is 58.2 Å². The highest BCUT2D eigenvalue weighted by atomic mass is 19.4. The Balaban J connectivity index is 1.98. The first-order valence-corrected chi connectivity index (χ1v) is 12.7. The number of ether oxygens (including phenoxy) is 1. The molecule has 0 heterocycles. The van der Waals surface area contributed by atoms with Crippen LogP contribution >= 0.6 is 0 Å². The molecule has 0 aliphatic heterocycles. The van der Waals surface area contributed by atoms with Gasteiger partial charge in [0.15, 0.2) is 0 Å². The van der Waals surface area contributed by atoms with Crippen LogP contribution in [-0.4, -0.2) is 24.5 Å². The molecule has 4 nitrogen and oxygen atoms in total. The molecule has 236 valence electrons. The first-order chi connectivity index (χ1) is 21.0. The van der Waals surface area contributed by atoms with Crippen molar-refractivity contribution in [1.82, 2.24) is 5.32 Å². The van der Waals surface area contributed by atoms with Gasteiger partial charge in [0.05, 0.1) is 16.7 Å². The van der Waals surface area contributed by atoms with Crippen LogP contribution in [0.25, 0.3) is 0 Å². The lowest BCUT2D eigenvalue weighted by atomic mass is 9.77. The lowest BCUT2D eigenvalue weighted by Crippen LogP contribution is -2.49. The van der Waals surface area contributed by atoms with Crippen molar-refractivity contribution in [3.05, 3.63) is 136 Å². The van der Waals surface area contributed by atoms with E-state index in [1.807, 2.05) is 0 Å². The van der Waals surface area contributed by atoms with Crippen LogP contribution in [0.15, 0.2) is 91.0 Å². The first kappa shape index (κ1) is 33.0. The molecule has 0 saturated carbocycles. The van der Waals surface area contributed by atoms with Gasteiger partial charge in [0.1, 0.15) is 17.4 Å². The van der Waals surface area contributed by atoms with Gasteiger partial charge in [-0.2, -0.15) is 35.1 Å². The lowest BCUT2D eigenvalue weighted by molar-refractivity contribution is -0.253. The summed E-state index contributed by atoms with van der Waals surface area (Å²) in [7, 11) is 0. The number of amides is 1. The molecule has 0 radical (unpaired) electrons. The zero-order chi connectivity index (χ0) is 33.2. The minimum absolute atomic E-state index is 0.0833. The van der Waals surface area contributed by atoms with Gasteiger partial charge in [-0.15, -0.1) is 0 Å². The van der Waals surface area contributed by atoms with E-state index in [0.717, 1.165) is 36.4 Å². The Morgan fingerprint density at radius 3 is 1.96 bits per heavy atom. The molecule has 0 fully saturated rings. The Kier molecular flexibility index (Phi) is 9.26. The maximum Gasteiger partial charge on any atom is 0.461 e. The van der Waals surface area contributed by atoms with E-state index in [1.165, 1.54) is 12.1 Å². The average molecular weight is 643 g/mol. The maximum absolute atomic E-state index is 15.0. The summed E-state index contributed by atoms with van der Waals surface area (Å²) in [4.78, 5) is 24.9. The molecule has 4 aromatic carbocycles. The predicted octanol–water partition coefficient (Wildman–Crippen LogP) is 8.25. The minimum atomic E-state index is -5.21. The van der Waals surface area contributed by atoms with E-state index >= 15 is 0 Å². The zero-order valence-electron chi connectivity index (χ0n) is 22.4. The number of rotatable bonds is 10. The highest BCUT2D eigenvalue weighted by Gasteiger charge is 2.45. The second-order valence-corrected chi connectivity index (χ2v) is 9.71. The number of carbonyl (C=O) groups is 2. The van der Waals surface area contributed by atoms with Crippen molar-refractivity contribution in [2.24, 2.45) is 0 Å². The van der Waals surface area contributed by atoms with Crippen LogP contribution < -0.4 is 10.1 Å². The highest BCUT2D eigenvalue weighted by molar-refractivity contribution is 5.95. The van der Waals surface area contributed by atoms with Gasteiger partial charge in [-0.05, 0) is 59.2 Å². The Hall–Kier alpha value is -4.88. The van der Waals surface area contributed by atoms with Crippen molar-refractivity contribution in [1.29, 1.82) is 0 Å². The van der Waals surface area contributed by atoms with Crippen molar-refractivity contribution >= 4 is 11.9 Å². The maximum atomic E-state index is 15.0. The highest BCUT2D eigenvalue weighted by Crippen LogP contribution is 2.39. The smallest absolute Gasteiger partial charge is 0.428 e. The summed E-state index contributed by atoms with van der Waals surface area (Å²) in [5.74, 6) is -5.41. The van der Waals surface area contributed by atoms with Gasteiger partial charge < -0.3 is 10.1 Å². The minimum Gasteiger partial charge on any atom is -0.428 e. The Labute approximate surface area is 248 Å². The van der Waals surface area contributed by atoms with Crippen molar-refractivity contribution in [3.8, 4) is 5.75 Å². The van der Waals surface area contributed by atoms with Crippen LogP contribution in [0.1, 0.15) is 43.0 Å². The standard InChI is InChI=1S/C31H19F10NO3/c32-22-13-21(14-23(15-22)45-31(40,41)28(35)36)29(16-17-4-2-1-3-5-17,20-9-6-18(7-10-20)26(34)43)42-27(44)19-8-11-25(33)24(12-19)30(37,38)39/h1-15,28H,16H2,(H,42,44). The van der Waals surface area contributed by atoms with Gasteiger partial charge in [-0.1, -0.05) is 42.5 Å². The molecule has 45 heavy (non-hydrogen) atoms. The summed E-state index contributed by atoms with van der Waals surface area (Å²) in [6.07, 6.45) is -15.0. The number of benzene rings is 4. The number of hydrogen-bond acceptors (Lipinski definition) is 3. The molecule has 1 atom stereocenters. The van der Waals surface area contributed by atoms with Gasteiger partial charge in [-0.3, -0.25) is 9.59 Å². The second kappa shape index (κ2) is 12.6. The lowest BCUT2D eigenvalue weighted by Gasteiger charge is -2.37. The van der Waals surface area contributed by atoms with E-state index in [9.17, 15) is 53.5 Å². The van der Waals surface area contributed by atoms with Gasteiger partial charge in [0.25, 0.3) is 5.91 Å². The van der Waals surface area contributed by atoms with Crippen molar-refractivity contribution in [2.75, 3.05) is 0 Å². The van der Waals surface area contributed by atoms with Gasteiger partial charge in [0.2, 0.25) is 0 Å². The molecule has 4 aromatic rings. The number of nitrogens with one attached hydrogen (secondary N) is 1. The average Bonchev–Trinajstić information content (AvgIpc) is 2.96. The zero-order valence-corrected chi connectivity index (χ0v) is 22.4. The SMILES string of the molecule is O=C(F)c1ccc(C(Cc2ccccc2)(NC(=O)c2ccc(F)c(C(F)(F)F)c2)c2cc(F)cc(OC(F)(F)C(F)F)c2)cc1. The van der Waals surface area contributed by atoms with Crippen molar-refractivity contribution in [2.45, 2.75) is 30.7 Å². The van der Waals surface area contributed by atoms with Gasteiger partial charge in [-0.25, -0.2) is 8.78 Å². The Bertz CT molecular complexity index is 1690. The van der Waals surface area contributed by atoms with E-state index in [1.54, 1.807) is 18.2 Å². The molecule has 0 spiro atoms. The fourth-order valence-corrected chi connectivity index (χ4v) is 4.57. The molecule has 0 saturated heterocycles. The summed E-state index contributed by atoms with van der Waals surface area (Å²) < 4.78 is 140. The van der Waals surface area contributed by atoms with E-state index in [2.05, 4.69) is 10.1 Å². The monoisotopic (exact) mass is 643 g/mol. The van der Waals surface area contributed by atoms with Crippen LogP contribution in [-0.2, 0) is 18.1 Å². The molecule has 4 rings (SSSR count). The summed E-state index contributed by atoms with van der Waals surface area (Å²) in [6, 6.07) is 13.1. The van der Waals surface area contributed by atoms with E-state index < -0.39 is 82.3 Å². The first-order valence-electron chi connectivity index (χ1n) is 12.7. The summed E-state index contributed by atoms with van der Waals surface area (Å²) in [6.45, 7) is 0. The van der Waals surface area contributed by atoms with Crippen LogP contribution in [0.4, 0.5) is 43.9 Å². The molecule has 0 aliphatic rings. The van der Waals surface area contributed by atoms with Crippen LogP contribution in [0.5, 0.6) is 5.75 Å². The van der Waals surface area contributed by atoms with Crippen molar-refractivity contribution in [3.63, 3.8) is 0 Å². The third-order valence-electron chi connectivity index (χ3n) is 6.65. The van der Waals surface area contributed by atoms with E-state index in [0.29, 0.717) is 23.8 Å². The predicted molar refractivity (Wildman–Crippen MR) is 140 cm³/mol. The third-order valence-corrected chi connectivity index (χ3v) is 6.65. The molecule has 1 N–H and O–H groups in total. The molecule has 1 unspecified atom stereocenters. The third kappa shape index (κ3) is 7.44. The van der Waals surface area contributed by atoms with E-state index in [-0.39, 0.29) is 11.6 Å². The molecule has 0 bridgehead atoms. The van der Waals surface area contributed by atoms with E-state index in [4.69, 9.17) is 0 Å². The quantitative estimate of drug-likeness (QED) is 0.140. The molecule has 0 aliphatic carbocycles. The molecule has 1 amide bonds. The summed E-state index contributed by atoms with van der Waals surface area (Å²) in [5.41, 5.74) is -5.28. The number of alkyl halides is 7. The Morgan fingerprint density at radius 2 is 1.38 bits per heavy atom. The fraction of sp³-hybridized carbons (Fsp3) is 0.161. The molecule has 14 heteroatoms. The largest absolute Gasteiger partial charge is 0.461 e. The summed E-state index contributed by atoms with van der Waals surface area (Å²) in [5, 5.41) is 2.45. The second-order valence-electron chi connectivity index (χ2n) is 9.71. The normalized spacial score (nSPS) is 13.3. The van der Waals surface area contributed by atoms with Gasteiger partial charge >= 0.3 is 24.7 Å². The number of hydrogen-bond donors (Lipinski definition) is 1. The number of carbonyl (C=O) groups excluding carboxylic acids is 2. The topological polar surface area (TPSA) is 55.4 Å². The fourth-order valence-electron chi connectivity index (χ4n) is 4.57. The van der Waals surface area contributed by atoms with Crippen LogP contribution in [0, 0.1) is 11.6 Å². The van der Waals surface area contributed by atoms with Crippen LogP contribution in [0.3, 0.4) is 0 Å². The molecular weight excluding hydrogens is 624 g/mol. The van der Waals surface area contributed by atoms with Gasteiger partial charge in [0, 0.05) is 18.1 Å². The van der Waals surface area contributed by atoms with Crippen LogP contribution in [0.2, 0.25) is 0 Å². The molecule has 0 aromatic heterocycles.